The number of benzene rings is 2. The zero-order chi connectivity index (χ0) is 21.3. The molecule has 2 aliphatic rings. The van der Waals surface area contributed by atoms with E-state index in [0.29, 0.717) is 32.0 Å². The maximum absolute atomic E-state index is 13.6. The van der Waals surface area contributed by atoms with Gasteiger partial charge < -0.3 is 9.80 Å². The quantitative estimate of drug-likeness (QED) is 0.767. The van der Waals surface area contributed by atoms with E-state index in [4.69, 9.17) is 0 Å². The zero-order valence-electron chi connectivity index (χ0n) is 18.3. The third kappa shape index (κ3) is 4.28. The number of carbonyl (C=O) groups is 2. The lowest BCUT2D eigenvalue weighted by atomic mass is 9.87. The van der Waals surface area contributed by atoms with Crippen molar-refractivity contribution in [3.63, 3.8) is 0 Å². The van der Waals surface area contributed by atoms with Crippen molar-refractivity contribution in [1.82, 2.24) is 9.80 Å². The number of aryl methyl sites for hydroxylation is 1. The molecule has 0 saturated carbocycles. The van der Waals surface area contributed by atoms with Gasteiger partial charge in [0, 0.05) is 38.5 Å². The van der Waals surface area contributed by atoms with Gasteiger partial charge >= 0.3 is 0 Å². The molecule has 158 valence electrons. The number of amides is 2. The largest absolute Gasteiger partial charge is 0.341 e. The Morgan fingerprint density at radius 1 is 0.967 bits per heavy atom. The van der Waals surface area contributed by atoms with Crippen molar-refractivity contribution >= 4 is 11.8 Å². The van der Waals surface area contributed by atoms with Gasteiger partial charge in [0.1, 0.15) is 0 Å². The minimum atomic E-state index is -0.172. The van der Waals surface area contributed by atoms with Crippen LogP contribution < -0.4 is 0 Å². The Morgan fingerprint density at radius 3 is 2.37 bits per heavy atom. The van der Waals surface area contributed by atoms with Crippen LogP contribution in [0, 0.1) is 18.8 Å². The minimum Gasteiger partial charge on any atom is -0.341 e. The molecular formula is C26H32N2O2. The second kappa shape index (κ2) is 8.63. The van der Waals surface area contributed by atoms with Gasteiger partial charge in [0.2, 0.25) is 11.8 Å². The summed E-state index contributed by atoms with van der Waals surface area (Å²) in [6, 6.07) is 16.9. The fraction of sp³-hybridized carbons (Fsp3) is 0.462. The second-order valence-electron chi connectivity index (χ2n) is 9.30. The highest BCUT2D eigenvalue weighted by molar-refractivity contribution is 5.83. The van der Waals surface area contributed by atoms with Gasteiger partial charge in [-0.05, 0) is 36.0 Å². The van der Waals surface area contributed by atoms with Crippen molar-refractivity contribution in [3.05, 3.63) is 70.8 Å². The molecule has 2 aromatic rings. The summed E-state index contributed by atoms with van der Waals surface area (Å²) in [7, 11) is 0. The molecule has 1 saturated heterocycles. The smallest absolute Gasteiger partial charge is 0.228 e. The number of hydrogen-bond donors (Lipinski definition) is 0. The molecule has 0 aromatic heterocycles. The number of nitrogens with zero attached hydrogens (tertiary/aromatic N) is 2. The van der Waals surface area contributed by atoms with Gasteiger partial charge in [0.05, 0.1) is 5.92 Å². The van der Waals surface area contributed by atoms with Crippen LogP contribution in [0.1, 0.15) is 48.4 Å². The molecule has 2 aliphatic heterocycles. The van der Waals surface area contributed by atoms with E-state index in [1.807, 2.05) is 15.9 Å². The molecule has 0 spiro atoms. The first-order valence-electron chi connectivity index (χ1n) is 11.1. The van der Waals surface area contributed by atoms with Crippen molar-refractivity contribution < 1.29 is 9.59 Å². The lowest BCUT2D eigenvalue weighted by Crippen LogP contribution is -2.42. The standard InChI is InChI=1S/C26H32N2O2/c1-18(2)14-25(29)28-16-23(21-10-8-19(3)9-11-21)24(17-28)26(30)27-13-12-20-6-4-5-7-22(20)15-27/h4-11,18,23-24H,12-17H2,1-3H3. The Hall–Kier alpha value is -2.62. The number of rotatable bonds is 4. The average Bonchev–Trinajstić information content (AvgIpc) is 3.18. The van der Waals surface area contributed by atoms with Crippen LogP contribution in [-0.2, 0) is 22.6 Å². The van der Waals surface area contributed by atoms with E-state index in [2.05, 4.69) is 63.2 Å². The van der Waals surface area contributed by atoms with E-state index in [-0.39, 0.29) is 23.7 Å². The molecule has 30 heavy (non-hydrogen) atoms. The van der Waals surface area contributed by atoms with Gasteiger partial charge in [-0.2, -0.15) is 0 Å². The summed E-state index contributed by atoms with van der Waals surface area (Å²) >= 11 is 0. The molecule has 1 fully saturated rings. The van der Waals surface area contributed by atoms with E-state index in [1.54, 1.807) is 0 Å². The Balaban J connectivity index is 1.57. The van der Waals surface area contributed by atoms with Crippen LogP contribution in [-0.4, -0.2) is 41.2 Å². The van der Waals surface area contributed by atoms with Crippen molar-refractivity contribution in [2.45, 2.75) is 46.1 Å². The molecule has 4 heteroatoms. The SMILES string of the molecule is Cc1ccc(C2CN(C(=O)CC(C)C)CC2C(=O)N2CCc3ccccc3C2)cc1. The van der Waals surface area contributed by atoms with Gasteiger partial charge in [0.25, 0.3) is 0 Å². The van der Waals surface area contributed by atoms with Crippen LogP contribution in [0.3, 0.4) is 0 Å². The van der Waals surface area contributed by atoms with E-state index in [9.17, 15) is 9.59 Å². The van der Waals surface area contributed by atoms with Gasteiger partial charge in [-0.3, -0.25) is 9.59 Å². The van der Waals surface area contributed by atoms with Crippen molar-refractivity contribution in [1.29, 1.82) is 0 Å². The molecule has 2 unspecified atom stereocenters. The molecule has 2 amide bonds. The second-order valence-corrected chi connectivity index (χ2v) is 9.30. The van der Waals surface area contributed by atoms with Crippen LogP contribution >= 0.6 is 0 Å². The van der Waals surface area contributed by atoms with Crippen LogP contribution in [0.15, 0.2) is 48.5 Å². The van der Waals surface area contributed by atoms with Crippen molar-refractivity contribution in [2.24, 2.45) is 11.8 Å². The summed E-state index contributed by atoms with van der Waals surface area (Å²) in [6.45, 7) is 8.80. The maximum Gasteiger partial charge on any atom is 0.228 e. The van der Waals surface area contributed by atoms with Crippen molar-refractivity contribution in [2.75, 3.05) is 19.6 Å². The first-order valence-corrected chi connectivity index (χ1v) is 11.1. The van der Waals surface area contributed by atoms with E-state index in [1.165, 1.54) is 16.7 Å². The summed E-state index contributed by atoms with van der Waals surface area (Å²) in [5.74, 6) is 0.570. The number of fused-ring (bicyclic) bond motifs is 1. The van der Waals surface area contributed by atoms with Gasteiger partial charge in [0.15, 0.2) is 0 Å². The van der Waals surface area contributed by atoms with Gasteiger partial charge in [-0.1, -0.05) is 67.9 Å². The summed E-state index contributed by atoms with van der Waals surface area (Å²) in [5, 5.41) is 0. The molecular weight excluding hydrogens is 372 g/mol. The number of carbonyl (C=O) groups excluding carboxylic acids is 2. The predicted molar refractivity (Wildman–Crippen MR) is 119 cm³/mol. The Kier molecular flexibility index (Phi) is 5.94. The zero-order valence-corrected chi connectivity index (χ0v) is 18.3. The fourth-order valence-corrected chi connectivity index (χ4v) is 4.81. The van der Waals surface area contributed by atoms with Crippen molar-refractivity contribution in [3.8, 4) is 0 Å². The highest BCUT2D eigenvalue weighted by atomic mass is 16.2. The molecule has 0 bridgehead atoms. The monoisotopic (exact) mass is 404 g/mol. The summed E-state index contributed by atoms with van der Waals surface area (Å²) in [5.41, 5.74) is 4.96. The Bertz CT molecular complexity index is 919. The molecule has 2 atom stereocenters. The lowest BCUT2D eigenvalue weighted by molar-refractivity contribution is -0.137. The summed E-state index contributed by atoms with van der Waals surface area (Å²) in [6.07, 6.45) is 1.44. The molecule has 2 aromatic carbocycles. The number of likely N-dealkylation sites (tertiary alicyclic amines) is 1. The average molecular weight is 405 g/mol. The maximum atomic E-state index is 13.6. The highest BCUT2D eigenvalue weighted by Crippen LogP contribution is 2.35. The van der Waals surface area contributed by atoms with E-state index < -0.39 is 0 Å². The lowest BCUT2D eigenvalue weighted by Gasteiger charge is -2.32. The van der Waals surface area contributed by atoms with E-state index in [0.717, 1.165) is 18.5 Å². The molecule has 0 N–H and O–H groups in total. The third-order valence-electron chi connectivity index (χ3n) is 6.52. The number of hydrogen-bond acceptors (Lipinski definition) is 2. The molecule has 0 aliphatic carbocycles. The van der Waals surface area contributed by atoms with Crippen LogP contribution in [0.4, 0.5) is 0 Å². The Labute approximate surface area is 179 Å². The minimum absolute atomic E-state index is 0.0615. The molecule has 0 radical (unpaired) electrons. The first kappa shape index (κ1) is 20.6. The normalized spacial score (nSPS) is 21.1. The fourth-order valence-electron chi connectivity index (χ4n) is 4.81. The topological polar surface area (TPSA) is 40.6 Å². The third-order valence-corrected chi connectivity index (χ3v) is 6.52. The van der Waals surface area contributed by atoms with E-state index >= 15 is 0 Å². The predicted octanol–water partition coefficient (Wildman–Crippen LogP) is 4.17. The summed E-state index contributed by atoms with van der Waals surface area (Å²) in [4.78, 5) is 30.4. The molecule has 2 heterocycles. The van der Waals surface area contributed by atoms with Crippen LogP contribution in [0.25, 0.3) is 0 Å². The van der Waals surface area contributed by atoms with Crippen LogP contribution in [0.5, 0.6) is 0 Å². The molecule has 4 nitrogen and oxygen atoms in total. The highest BCUT2D eigenvalue weighted by Gasteiger charge is 2.42. The Morgan fingerprint density at radius 2 is 1.67 bits per heavy atom. The summed E-state index contributed by atoms with van der Waals surface area (Å²) < 4.78 is 0. The first-order chi connectivity index (χ1) is 14.4. The van der Waals surface area contributed by atoms with Crippen LogP contribution in [0.2, 0.25) is 0 Å². The molecule has 4 rings (SSSR count). The van der Waals surface area contributed by atoms with Gasteiger partial charge in [-0.25, -0.2) is 0 Å². The van der Waals surface area contributed by atoms with Gasteiger partial charge in [-0.15, -0.1) is 0 Å².